The van der Waals surface area contributed by atoms with E-state index >= 15 is 0 Å². The van der Waals surface area contributed by atoms with Crippen molar-refractivity contribution < 1.29 is 13.9 Å². The molecule has 1 unspecified atom stereocenters. The maximum Gasteiger partial charge on any atom is 0.248 e. The molecule has 1 aromatic carbocycles. The zero-order chi connectivity index (χ0) is 16.6. The third-order valence-corrected chi connectivity index (χ3v) is 4.28. The first-order valence-electron chi connectivity index (χ1n) is 7.48. The van der Waals surface area contributed by atoms with Crippen LogP contribution in [0.15, 0.2) is 28.7 Å². The van der Waals surface area contributed by atoms with Crippen LogP contribution in [0.3, 0.4) is 0 Å². The third kappa shape index (κ3) is 3.35. The Labute approximate surface area is 140 Å². The summed E-state index contributed by atoms with van der Waals surface area (Å²) in [5.41, 5.74) is 6.68. The molecule has 122 valence electrons. The van der Waals surface area contributed by atoms with Crippen LogP contribution in [0, 0.1) is 6.92 Å². The Morgan fingerprint density at radius 3 is 2.91 bits per heavy atom. The highest BCUT2D eigenvalue weighted by Gasteiger charge is 2.26. The number of rotatable bonds is 3. The molecule has 6 heteroatoms. The molecule has 0 aliphatic carbocycles. The summed E-state index contributed by atoms with van der Waals surface area (Å²) >= 11 is 6.23. The number of ether oxygens (including phenoxy) is 1. The molecule has 1 atom stereocenters. The second-order valence-electron chi connectivity index (χ2n) is 5.88. The van der Waals surface area contributed by atoms with E-state index in [1.807, 2.05) is 13.0 Å². The van der Waals surface area contributed by atoms with Gasteiger partial charge in [0.05, 0.1) is 11.6 Å². The lowest BCUT2D eigenvalue weighted by Gasteiger charge is -2.19. The van der Waals surface area contributed by atoms with Crippen molar-refractivity contribution in [3.8, 4) is 5.75 Å². The van der Waals surface area contributed by atoms with E-state index in [1.54, 1.807) is 12.1 Å². The molecule has 2 aromatic rings. The normalized spacial score (nSPS) is 18.3. The largest absolute Gasteiger partial charge is 0.484 e. The van der Waals surface area contributed by atoms with Gasteiger partial charge in [-0.2, -0.15) is 0 Å². The van der Waals surface area contributed by atoms with Gasteiger partial charge in [-0.1, -0.05) is 11.6 Å². The quantitative estimate of drug-likeness (QED) is 0.935. The van der Waals surface area contributed by atoms with Crippen molar-refractivity contribution in [1.29, 1.82) is 0 Å². The number of aryl methyl sites for hydroxylation is 1. The monoisotopic (exact) mass is 334 g/mol. The summed E-state index contributed by atoms with van der Waals surface area (Å²) in [5, 5.41) is 0.376. The summed E-state index contributed by atoms with van der Waals surface area (Å²) in [6.45, 7) is 3.59. The number of hydrogen-bond acceptors (Lipinski definition) is 4. The zero-order valence-corrected chi connectivity index (χ0v) is 13.9. The smallest absolute Gasteiger partial charge is 0.248 e. The van der Waals surface area contributed by atoms with Gasteiger partial charge < -0.3 is 14.9 Å². The van der Waals surface area contributed by atoms with Gasteiger partial charge in [0, 0.05) is 24.1 Å². The summed E-state index contributed by atoms with van der Waals surface area (Å²) in [7, 11) is 2.05. The van der Waals surface area contributed by atoms with Gasteiger partial charge in [0.1, 0.15) is 23.4 Å². The van der Waals surface area contributed by atoms with Crippen LogP contribution in [0.1, 0.15) is 40.0 Å². The van der Waals surface area contributed by atoms with Gasteiger partial charge in [-0.15, -0.1) is 0 Å². The van der Waals surface area contributed by atoms with Crippen molar-refractivity contribution in [3.63, 3.8) is 0 Å². The number of amides is 1. The van der Waals surface area contributed by atoms with Crippen molar-refractivity contribution in [2.24, 2.45) is 5.73 Å². The fourth-order valence-electron chi connectivity index (χ4n) is 2.82. The van der Waals surface area contributed by atoms with Gasteiger partial charge in [-0.05, 0) is 38.2 Å². The van der Waals surface area contributed by atoms with E-state index in [0.29, 0.717) is 16.3 Å². The van der Waals surface area contributed by atoms with E-state index < -0.39 is 5.91 Å². The zero-order valence-electron chi connectivity index (χ0n) is 13.1. The maximum atomic E-state index is 11.2. The number of primary amides is 1. The van der Waals surface area contributed by atoms with Crippen molar-refractivity contribution in [3.05, 3.63) is 51.9 Å². The van der Waals surface area contributed by atoms with Crippen LogP contribution in [0.5, 0.6) is 5.75 Å². The molecule has 0 bridgehead atoms. The summed E-state index contributed by atoms with van der Waals surface area (Å²) in [6.07, 6.45) is 0.695. The topological polar surface area (TPSA) is 68.7 Å². The summed E-state index contributed by atoms with van der Waals surface area (Å²) in [4.78, 5) is 13.4. The molecule has 5 nitrogen and oxygen atoms in total. The molecule has 2 heterocycles. The van der Waals surface area contributed by atoms with Crippen LogP contribution in [0.2, 0.25) is 5.02 Å². The van der Waals surface area contributed by atoms with Crippen LogP contribution in [-0.4, -0.2) is 24.4 Å². The first-order chi connectivity index (χ1) is 10.9. The van der Waals surface area contributed by atoms with E-state index in [4.69, 9.17) is 26.5 Å². The Kier molecular flexibility index (Phi) is 4.33. The number of furan rings is 1. The molecular formula is C17H19ClN2O3. The second-order valence-corrected chi connectivity index (χ2v) is 6.29. The molecule has 0 spiro atoms. The van der Waals surface area contributed by atoms with Gasteiger partial charge in [0.2, 0.25) is 5.91 Å². The second kappa shape index (κ2) is 6.26. The first kappa shape index (κ1) is 15.9. The number of nitrogens with two attached hydrogens (primary N) is 1. The molecule has 23 heavy (non-hydrogen) atoms. The lowest BCUT2D eigenvalue weighted by Crippen LogP contribution is -2.18. The average Bonchev–Trinajstić information content (AvgIpc) is 2.78. The van der Waals surface area contributed by atoms with Crippen LogP contribution in [0.25, 0.3) is 0 Å². The molecule has 3 rings (SSSR count). The fourth-order valence-corrected chi connectivity index (χ4v) is 3.05. The molecule has 2 N–H and O–H groups in total. The Morgan fingerprint density at radius 2 is 2.22 bits per heavy atom. The van der Waals surface area contributed by atoms with Gasteiger partial charge >= 0.3 is 0 Å². The predicted molar refractivity (Wildman–Crippen MR) is 87.7 cm³/mol. The fraction of sp³-hybridized carbons (Fsp3) is 0.353. The Bertz CT molecular complexity index is 741. The molecule has 1 amide bonds. The van der Waals surface area contributed by atoms with Crippen molar-refractivity contribution in [2.45, 2.75) is 26.0 Å². The van der Waals surface area contributed by atoms with Crippen LogP contribution >= 0.6 is 11.6 Å². The third-order valence-electron chi connectivity index (χ3n) is 3.98. The summed E-state index contributed by atoms with van der Waals surface area (Å²) < 4.78 is 11.9. The molecule has 0 saturated heterocycles. The van der Waals surface area contributed by atoms with Crippen LogP contribution in [-0.2, 0) is 6.54 Å². The Hall–Kier alpha value is -1.98. The van der Waals surface area contributed by atoms with E-state index in [2.05, 4.69) is 11.9 Å². The van der Waals surface area contributed by atoms with Gasteiger partial charge in [-0.25, -0.2) is 0 Å². The van der Waals surface area contributed by atoms with E-state index in [1.165, 1.54) is 6.07 Å². The molecule has 1 aliphatic rings. The lowest BCUT2D eigenvalue weighted by molar-refractivity contribution is 0.1000. The minimum Gasteiger partial charge on any atom is -0.484 e. The Balaban J connectivity index is 1.89. The van der Waals surface area contributed by atoms with Gasteiger partial charge in [0.15, 0.2) is 0 Å². The number of hydrogen-bond donors (Lipinski definition) is 1. The number of benzene rings is 1. The molecule has 1 aromatic heterocycles. The van der Waals surface area contributed by atoms with E-state index in [0.717, 1.165) is 36.6 Å². The first-order valence-corrected chi connectivity index (χ1v) is 7.85. The predicted octanol–water partition coefficient (Wildman–Crippen LogP) is 3.30. The van der Waals surface area contributed by atoms with Gasteiger partial charge in [-0.3, -0.25) is 9.69 Å². The molecule has 0 fully saturated rings. The van der Waals surface area contributed by atoms with Gasteiger partial charge in [0.25, 0.3) is 0 Å². The molecule has 0 saturated carbocycles. The van der Waals surface area contributed by atoms with Crippen LogP contribution < -0.4 is 10.5 Å². The number of carbonyl (C=O) groups is 1. The highest BCUT2D eigenvalue weighted by atomic mass is 35.5. The minimum absolute atomic E-state index is 0.135. The van der Waals surface area contributed by atoms with Crippen LogP contribution in [0.4, 0.5) is 0 Å². The SMILES string of the molecule is Cc1cc2c(o1)CN(C)CCC2Oc1ccc(C(N)=O)cc1Cl. The Morgan fingerprint density at radius 1 is 1.43 bits per heavy atom. The van der Waals surface area contributed by atoms with E-state index in [-0.39, 0.29) is 6.10 Å². The number of carbonyl (C=O) groups excluding carboxylic acids is 1. The van der Waals surface area contributed by atoms with Crippen molar-refractivity contribution >= 4 is 17.5 Å². The van der Waals surface area contributed by atoms with Crippen molar-refractivity contribution in [1.82, 2.24) is 4.90 Å². The molecule has 1 aliphatic heterocycles. The number of halogens is 1. The lowest BCUT2D eigenvalue weighted by atomic mass is 10.1. The molecule has 0 radical (unpaired) electrons. The minimum atomic E-state index is -0.512. The maximum absolute atomic E-state index is 11.2. The standard InChI is InChI=1S/C17H19ClN2O3/c1-10-7-12-14(5-6-20(2)9-16(12)22-10)23-15-4-3-11(17(19)21)8-13(15)18/h3-4,7-8,14H,5-6,9H2,1-2H3,(H2,19,21). The summed E-state index contributed by atoms with van der Waals surface area (Å²) in [6, 6.07) is 6.85. The number of nitrogens with zero attached hydrogens (tertiary/aromatic N) is 1. The highest BCUT2D eigenvalue weighted by molar-refractivity contribution is 6.32. The highest BCUT2D eigenvalue weighted by Crippen LogP contribution is 2.35. The summed E-state index contributed by atoms with van der Waals surface area (Å²) in [5.74, 6) is 1.82. The van der Waals surface area contributed by atoms with E-state index in [9.17, 15) is 4.79 Å². The van der Waals surface area contributed by atoms with Crippen molar-refractivity contribution in [2.75, 3.05) is 13.6 Å². The average molecular weight is 335 g/mol. The molecular weight excluding hydrogens is 316 g/mol. The number of fused-ring (bicyclic) bond motifs is 1.